The third-order valence-electron chi connectivity index (χ3n) is 2.48. The van der Waals surface area contributed by atoms with Gasteiger partial charge in [-0.3, -0.25) is 0 Å². The van der Waals surface area contributed by atoms with Gasteiger partial charge in [0, 0.05) is 28.4 Å². The summed E-state index contributed by atoms with van der Waals surface area (Å²) in [5, 5.41) is 0. The Morgan fingerprint density at radius 2 is 1.38 bits per heavy atom. The average Bonchev–Trinajstić information content (AvgIpc) is 2.38. The van der Waals surface area contributed by atoms with E-state index in [9.17, 15) is 0 Å². The summed E-state index contributed by atoms with van der Waals surface area (Å²) in [6.07, 6.45) is 1.04. The minimum atomic E-state index is 0.966. The molecule has 0 saturated heterocycles. The molecule has 0 unspecified atom stereocenters. The van der Waals surface area contributed by atoms with Crippen LogP contribution in [0.3, 0.4) is 0 Å². The third kappa shape index (κ3) is 3.11. The maximum Gasteiger partial charge on any atom is 0.0496 e. The molecule has 0 bridgehead atoms. The van der Waals surface area contributed by atoms with Crippen molar-refractivity contribution >= 4 is 21.8 Å². The van der Waals surface area contributed by atoms with Crippen LogP contribution in [0, 0.1) is 0 Å². The summed E-state index contributed by atoms with van der Waals surface area (Å²) in [6.45, 7) is 0.966. The summed E-state index contributed by atoms with van der Waals surface area (Å²) in [6, 6.07) is 20.8. The standard InChI is InChI=1S/C14H14BrN/c15-16(14-9-5-2-6-10-14)12-11-13-7-3-1-4-8-13/h1-10H,11-12H2. The fourth-order valence-corrected chi connectivity index (χ4v) is 2.00. The molecule has 0 spiro atoms. The molecule has 0 heterocycles. The van der Waals surface area contributed by atoms with Gasteiger partial charge in [0.1, 0.15) is 0 Å². The number of rotatable bonds is 4. The van der Waals surface area contributed by atoms with Crippen molar-refractivity contribution in [2.45, 2.75) is 6.42 Å². The van der Waals surface area contributed by atoms with E-state index >= 15 is 0 Å². The van der Waals surface area contributed by atoms with E-state index in [1.165, 1.54) is 11.3 Å². The molecule has 0 aliphatic carbocycles. The fraction of sp³-hybridized carbons (Fsp3) is 0.143. The van der Waals surface area contributed by atoms with Crippen molar-refractivity contribution in [2.24, 2.45) is 0 Å². The second-order valence-electron chi connectivity index (χ2n) is 3.66. The molecule has 0 radical (unpaired) electrons. The maximum atomic E-state index is 3.58. The number of halogens is 1. The van der Waals surface area contributed by atoms with Crippen molar-refractivity contribution in [1.82, 2.24) is 0 Å². The molecule has 2 rings (SSSR count). The van der Waals surface area contributed by atoms with Crippen LogP contribution in [0.25, 0.3) is 0 Å². The quantitative estimate of drug-likeness (QED) is 0.762. The van der Waals surface area contributed by atoms with E-state index in [1.54, 1.807) is 0 Å². The van der Waals surface area contributed by atoms with Crippen LogP contribution in [-0.2, 0) is 6.42 Å². The zero-order valence-corrected chi connectivity index (χ0v) is 10.6. The van der Waals surface area contributed by atoms with Crippen molar-refractivity contribution in [3.63, 3.8) is 0 Å². The lowest BCUT2D eigenvalue weighted by Gasteiger charge is -2.16. The van der Waals surface area contributed by atoms with Crippen LogP contribution in [0.5, 0.6) is 0 Å². The van der Waals surface area contributed by atoms with E-state index in [-0.39, 0.29) is 0 Å². The summed E-state index contributed by atoms with van der Waals surface area (Å²) in [5.41, 5.74) is 2.56. The molecule has 0 aromatic heterocycles. The Hall–Kier alpha value is -1.28. The summed E-state index contributed by atoms with van der Waals surface area (Å²) in [7, 11) is 0. The van der Waals surface area contributed by atoms with Gasteiger partial charge in [-0.15, -0.1) is 0 Å². The fourth-order valence-electron chi connectivity index (χ4n) is 1.59. The number of hydrogen-bond acceptors (Lipinski definition) is 1. The summed E-state index contributed by atoms with van der Waals surface area (Å²) < 4.78 is 2.10. The minimum absolute atomic E-state index is 0.966. The molecule has 1 nitrogen and oxygen atoms in total. The summed E-state index contributed by atoms with van der Waals surface area (Å²) in [5.74, 6) is 0. The Morgan fingerprint density at radius 1 is 0.812 bits per heavy atom. The van der Waals surface area contributed by atoms with Gasteiger partial charge in [0.05, 0.1) is 0 Å². The number of nitrogens with zero attached hydrogens (tertiary/aromatic N) is 1. The lowest BCUT2D eigenvalue weighted by Crippen LogP contribution is -2.13. The molecule has 0 amide bonds. The van der Waals surface area contributed by atoms with Gasteiger partial charge in [0.2, 0.25) is 0 Å². The predicted molar refractivity (Wildman–Crippen MR) is 72.9 cm³/mol. The Kier molecular flexibility index (Phi) is 4.00. The van der Waals surface area contributed by atoms with E-state index in [2.05, 4.69) is 56.5 Å². The Labute approximate surface area is 105 Å². The van der Waals surface area contributed by atoms with Crippen LogP contribution in [-0.4, -0.2) is 6.54 Å². The van der Waals surface area contributed by atoms with Crippen LogP contribution in [0.1, 0.15) is 5.56 Å². The van der Waals surface area contributed by atoms with E-state index in [1.807, 2.05) is 24.3 Å². The van der Waals surface area contributed by atoms with Crippen LogP contribution in [0.4, 0.5) is 5.69 Å². The van der Waals surface area contributed by atoms with E-state index < -0.39 is 0 Å². The second-order valence-corrected chi connectivity index (χ2v) is 4.51. The first-order chi connectivity index (χ1) is 7.86. The lowest BCUT2D eigenvalue weighted by atomic mass is 10.1. The number of para-hydroxylation sites is 1. The van der Waals surface area contributed by atoms with Crippen LogP contribution >= 0.6 is 16.1 Å². The predicted octanol–water partition coefficient (Wildman–Crippen LogP) is 4.05. The molecule has 0 aliphatic rings. The Balaban J connectivity index is 1.92. The number of anilines is 1. The summed E-state index contributed by atoms with van der Waals surface area (Å²) in [4.78, 5) is 0. The summed E-state index contributed by atoms with van der Waals surface area (Å²) >= 11 is 3.58. The molecule has 2 aromatic rings. The van der Waals surface area contributed by atoms with Gasteiger partial charge in [-0.2, -0.15) is 0 Å². The van der Waals surface area contributed by atoms with Gasteiger partial charge >= 0.3 is 0 Å². The van der Waals surface area contributed by atoms with Crippen molar-refractivity contribution in [3.8, 4) is 0 Å². The number of hydrogen-bond donors (Lipinski definition) is 0. The highest BCUT2D eigenvalue weighted by Crippen LogP contribution is 2.17. The van der Waals surface area contributed by atoms with Gasteiger partial charge < -0.3 is 3.93 Å². The van der Waals surface area contributed by atoms with Crippen LogP contribution in [0.2, 0.25) is 0 Å². The smallest absolute Gasteiger partial charge is 0.0496 e. The highest BCUT2D eigenvalue weighted by atomic mass is 79.9. The van der Waals surface area contributed by atoms with Gasteiger partial charge in [-0.1, -0.05) is 48.5 Å². The van der Waals surface area contributed by atoms with Crippen molar-refractivity contribution in [2.75, 3.05) is 10.5 Å². The monoisotopic (exact) mass is 275 g/mol. The van der Waals surface area contributed by atoms with Crippen molar-refractivity contribution < 1.29 is 0 Å². The normalized spacial score (nSPS) is 10.1. The number of benzene rings is 2. The highest BCUT2D eigenvalue weighted by molar-refractivity contribution is 9.10. The third-order valence-corrected chi connectivity index (χ3v) is 3.24. The van der Waals surface area contributed by atoms with Gasteiger partial charge in [-0.05, 0) is 24.1 Å². The van der Waals surface area contributed by atoms with E-state index in [0.29, 0.717) is 0 Å². The zero-order valence-electron chi connectivity index (χ0n) is 9.01. The molecule has 2 heteroatoms. The van der Waals surface area contributed by atoms with E-state index in [0.717, 1.165) is 13.0 Å². The Bertz CT molecular complexity index is 413. The first-order valence-corrected chi connectivity index (χ1v) is 6.09. The molecule has 0 fully saturated rings. The SMILES string of the molecule is BrN(CCc1ccccc1)c1ccccc1. The molecule has 0 N–H and O–H groups in total. The topological polar surface area (TPSA) is 3.24 Å². The molecule has 0 saturated carbocycles. The maximum absolute atomic E-state index is 3.58. The molecule has 0 aliphatic heterocycles. The molecule has 16 heavy (non-hydrogen) atoms. The highest BCUT2D eigenvalue weighted by Gasteiger charge is 2.01. The molecule has 82 valence electrons. The van der Waals surface area contributed by atoms with Gasteiger partial charge in [-0.25, -0.2) is 0 Å². The Morgan fingerprint density at radius 3 is 2.00 bits per heavy atom. The molecule has 0 atom stereocenters. The van der Waals surface area contributed by atoms with E-state index in [4.69, 9.17) is 0 Å². The van der Waals surface area contributed by atoms with Crippen molar-refractivity contribution in [3.05, 3.63) is 66.2 Å². The minimum Gasteiger partial charge on any atom is -0.309 e. The zero-order chi connectivity index (χ0) is 11.2. The largest absolute Gasteiger partial charge is 0.309 e. The van der Waals surface area contributed by atoms with Gasteiger partial charge in [0.25, 0.3) is 0 Å². The molecular formula is C14H14BrN. The molecular weight excluding hydrogens is 262 g/mol. The first-order valence-electron chi connectivity index (χ1n) is 5.38. The lowest BCUT2D eigenvalue weighted by molar-refractivity contribution is 0.973. The molecule has 2 aromatic carbocycles. The van der Waals surface area contributed by atoms with Gasteiger partial charge in [0.15, 0.2) is 0 Å². The average molecular weight is 276 g/mol. The van der Waals surface area contributed by atoms with Crippen molar-refractivity contribution in [1.29, 1.82) is 0 Å². The van der Waals surface area contributed by atoms with Crippen LogP contribution < -0.4 is 3.93 Å². The second kappa shape index (κ2) is 5.71. The first kappa shape index (κ1) is 11.2. The van der Waals surface area contributed by atoms with Crippen LogP contribution in [0.15, 0.2) is 60.7 Å².